The molecule has 136 valence electrons. The van der Waals surface area contributed by atoms with Gasteiger partial charge in [-0.05, 0) is 30.7 Å². The van der Waals surface area contributed by atoms with Crippen molar-refractivity contribution < 1.29 is 17.9 Å². The number of aromatic nitrogens is 3. The number of furan rings is 1. The van der Waals surface area contributed by atoms with Crippen LogP contribution >= 0.6 is 11.8 Å². The average molecular weight is 377 g/mol. The van der Waals surface area contributed by atoms with Crippen molar-refractivity contribution in [3.8, 4) is 17.1 Å². The molecule has 26 heavy (non-hydrogen) atoms. The summed E-state index contributed by atoms with van der Waals surface area (Å²) in [4.78, 5) is 0. The SMILES string of the molecule is C=CCn1c(SCc2ccc(OC(F)F)cc2)nnc1-c1ccoc1C. The first kappa shape index (κ1) is 18.2. The lowest BCUT2D eigenvalue weighted by Gasteiger charge is -2.08. The predicted octanol–water partition coefficient (Wildman–Crippen LogP) is 4.93. The number of benzene rings is 1. The summed E-state index contributed by atoms with van der Waals surface area (Å²) in [5.74, 6) is 2.25. The van der Waals surface area contributed by atoms with Gasteiger partial charge in [-0.25, -0.2) is 0 Å². The molecule has 0 aliphatic carbocycles. The number of rotatable bonds is 8. The van der Waals surface area contributed by atoms with Gasteiger partial charge in [-0.3, -0.25) is 4.57 Å². The van der Waals surface area contributed by atoms with Gasteiger partial charge in [0.1, 0.15) is 11.5 Å². The highest BCUT2D eigenvalue weighted by molar-refractivity contribution is 7.98. The van der Waals surface area contributed by atoms with Gasteiger partial charge in [0.25, 0.3) is 0 Å². The molecular formula is C18H17F2N3O2S. The molecule has 3 aromatic rings. The zero-order valence-corrected chi connectivity index (χ0v) is 14.9. The Balaban J connectivity index is 1.74. The Morgan fingerprint density at radius 1 is 1.27 bits per heavy atom. The number of ether oxygens (including phenoxy) is 1. The molecule has 0 bridgehead atoms. The van der Waals surface area contributed by atoms with Crippen LogP contribution in [0.1, 0.15) is 11.3 Å². The van der Waals surface area contributed by atoms with Crippen LogP contribution in [-0.4, -0.2) is 21.4 Å². The first-order valence-electron chi connectivity index (χ1n) is 7.83. The van der Waals surface area contributed by atoms with E-state index >= 15 is 0 Å². The van der Waals surface area contributed by atoms with Crippen LogP contribution in [0.15, 0.2) is 58.8 Å². The predicted molar refractivity (Wildman–Crippen MR) is 95.3 cm³/mol. The first-order chi connectivity index (χ1) is 12.6. The molecule has 0 fully saturated rings. The minimum absolute atomic E-state index is 0.140. The van der Waals surface area contributed by atoms with Gasteiger partial charge in [-0.2, -0.15) is 8.78 Å². The van der Waals surface area contributed by atoms with Crippen molar-refractivity contribution in [3.63, 3.8) is 0 Å². The molecule has 0 aliphatic rings. The van der Waals surface area contributed by atoms with E-state index in [0.717, 1.165) is 27.9 Å². The normalized spacial score (nSPS) is 11.1. The van der Waals surface area contributed by atoms with Crippen LogP contribution in [0.3, 0.4) is 0 Å². The summed E-state index contributed by atoms with van der Waals surface area (Å²) in [5, 5.41) is 9.29. The maximum atomic E-state index is 12.2. The van der Waals surface area contributed by atoms with E-state index in [1.54, 1.807) is 24.5 Å². The van der Waals surface area contributed by atoms with Crippen LogP contribution in [0.25, 0.3) is 11.4 Å². The number of nitrogens with zero attached hydrogens (tertiary/aromatic N) is 3. The topological polar surface area (TPSA) is 53.1 Å². The highest BCUT2D eigenvalue weighted by atomic mass is 32.2. The standard InChI is InChI=1S/C18H17F2N3O2S/c1-3-9-23-16(15-8-10-24-12(15)2)21-22-18(23)26-11-13-4-6-14(7-5-13)25-17(19)20/h3-8,10,17H,1,9,11H2,2H3. The number of alkyl halides is 2. The molecule has 0 saturated heterocycles. The van der Waals surface area contributed by atoms with E-state index in [0.29, 0.717) is 12.3 Å². The summed E-state index contributed by atoms with van der Waals surface area (Å²) < 4.78 is 36.1. The van der Waals surface area contributed by atoms with Crippen LogP contribution in [0.4, 0.5) is 8.78 Å². The molecule has 0 N–H and O–H groups in total. The molecule has 0 aliphatic heterocycles. The second-order valence-corrected chi connectivity index (χ2v) is 6.35. The Morgan fingerprint density at radius 3 is 2.65 bits per heavy atom. The summed E-state index contributed by atoms with van der Waals surface area (Å²) >= 11 is 1.51. The van der Waals surface area contributed by atoms with Crippen molar-refractivity contribution >= 4 is 11.8 Å². The Hall–Kier alpha value is -2.61. The number of thioether (sulfide) groups is 1. The van der Waals surface area contributed by atoms with Crippen molar-refractivity contribution in [2.75, 3.05) is 0 Å². The van der Waals surface area contributed by atoms with Gasteiger partial charge in [0.15, 0.2) is 11.0 Å². The van der Waals surface area contributed by atoms with Gasteiger partial charge >= 0.3 is 6.61 Å². The van der Waals surface area contributed by atoms with Crippen LogP contribution in [-0.2, 0) is 12.3 Å². The Kier molecular flexibility index (Phi) is 5.72. The lowest BCUT2D eigenvalue weighted by molar-refractivity contribution is -0.0498. The van der Waals surface area contributed by atoms with Gasteiger partial charge in [0.2, 0.25) is 0 Å². The maximum Gasteiger partial charge on any atom is 0.387 e. The molecule has 0 saturated carbocycles. The Labute approximate surface area is 153 Å². The minimum Gasteiger partial charge on any atom is -0.469 e. The number of aryl methyl sites for hydroxylation is 1. The highest BCUT2D eigenvalue weighted by Gasteiger charge is 2.16. The van der Waals surface area contributed by atoms with E-state index in [1.165, 1.54) is 23.9 Å². The molecule has 0 spiro atoms. The van der Waals surface area contributed by atoms with E-state index < -0.39 is 6.61 Å². The summed E-state index contributed by atoms with van der Waals surface area (Å²) in [7, 11) is 0. The van der Waals surface area contributed by atoms with Crippen LogP contribution < -0.4 is 4.74 Å². The second kappa shape index (κ2) is 8.18. The fraction of sp³-hybridized carbons (Fsp3) is 0.222. The van der Waals surface area contributed by atoms with Crippen molar-refractivity contribution in [3.05, 3.63) is 60.6 Å². The molecule has 0 unspecified atom stereocenters. The quantitative estimate of drug-likeness (QED) is 0.412. The van der Waals surface area contributed by atoms with Crippen molar-refractivity contribution in [1.29, 1.82) is 0 Å². The van der Waals surface area contributed by atoms with E-state index in [9.17, 15) is 8.78 Å². The monoisotopic (exact) mass is 377 g/mol. The Bertz CT molecular complexity index is 875. The van der Waals surface area contributed by atoms with E-state index in [-0.39, 0.29) is 5.75 Å². The van der Waals surface area contributed by atoms with E-state index in [2.05, 4.69) is 21.5 Å². The lowest BCUT2D eigenvalue weighted by Crippen LogP contribution is -2.02. The third-order valence-electron chi connectivity index (χ3n) is 3.64. The molecule has 2 heterocycles. The maximum absolute atomic E-state index is 12.2. The zero-order valence-electron chi connectivity index (χ0n) is 14.1. The molecule has 3 rings (SSSR count). The van der Waals surface area contributed by atoms with Crippen molar-refractivity contribution in [2.24, 2.45) is 0 Å². The van der Waals surface area contributed by atoms with Crippen LogP contribution in [0.5, 0.6) is 5.75 Å². The largest absolute Gasteiger partial charge is 0.469 e. The van der Waals surface area contributed by atoms with Gasteiger partial charge in [-0.1, -0.05) is 30.0 Å². The third kappa shape index (κ3) is 4.13. The number of allylic oxidation sites excluding steroid dienone is 1. The van der Waals surface area contributed by atoms with E-state index in [1.807, 2.05) is 17.6 Å². The Morgan fingerprint density at radius 2 is 2.04 bits per heavy atom. The van der Waals surface area contributed by atoms with E-state index in [4.69, 9.17) is 4.42 Å². The molecule has 5 nitrogen and oxygen atoms in total. The molecule has 1 aromatic carbocycles. The fourth-order valence-electron chi connectivity index (χ4n) is 2.42. The number of hydrogen-bond donors (Lipinski definition) is 0. The fourth-order valence-corrected chi connectivity index (χ4v) is 3.32. The summed E-state index contributed by atoms with van der Waals surface area (Å²) in [6.07, 6.45) is 3.40. The van der Waals surface area contributed by atoms with Gasteiger partial charge in [0, 0.05) is 12.3 Å². The zero-order chi connectivity index (χ0) is 18.5. The lowest BCUT2D eigenvalue weighted by atomic mass is 10.2. The third-order valence-corrected chi connectivity index (χ3v) is 4.68. The molecular weight excluding hydrogens is 360 g/mol. The smallest absolute Gasteiger partial charge is 0.387 e. The van der Waals surface area contributed by atoms with Gasteiger partial charge < -0.3 is 9.15 Å². The summed E-state index contributed by atoms with van der Waals surface area (Å²) in [5.41, 5.74) is 1.85. The second-order valence-electron chi connectivity index (χ2n) is 5.41. The van der Waals surface area contributed by atoms with Crippen LogP contribution in [0.2, 0.25) is 0 Å². The van der Waals surface area contributed by atoms with Crippen molar-refractivity contribution in [2.45, 2.75) is 31.0 Å². The summed E-state index contributed by atoms with van der Waals surface area (Å²) in [6, 6.07) is 8.41. The number of hydrogen-bond acceptors (Lipinski definition) is 5. The molecule has 2 aromatic heterocycles. The molecule has 0 radical (unpaired) electrons. The summed E-state index contributed by atoms with van der Waals surface area (Å²) in [6.45, 7) is 3.41. The molecule has 0 atom stereocenters. The van der Waals surface area contributed by atoms with Gasteiger partial charge in [-0.15, -0.1) is 16.8 Å². The van der Waals surface area contributed by atoms with Crippen molar-refractivity contribution in [1.82, 2.24) is 14.8 Å². The molecule has 0 amide bonds. The number of halogens is 2. The highest BCUT2D eigenvalue weighted by Crippen LogP contribution is 2.29. The first-order valence-corrected chi connectivity index (χ1v) is 8.82. The minimum atomic E-state index is -2.82. The average Bonchev–Trinajstić information content (AvgIpc) is 3.20. The van der Waals surface area contributed by atoms with Crippen LogP contribution in [0, 0.1) is 6.92 Å². The molecule has 8 heteroatoms. The van der Waals surface area contributed by atoms with Gasteiger partial charge in [0.05, 0.1) is 11.8 Å².